The molecule has 0 fully saturated rings. The molecule has 3 nitrogen and oxygen atoms in total. The van der Waals surface area contributed by atoms with Gasteiger partial charge in [0.15, 0.2) is 0 Å². The maximum absolute atomic E-state index is 12.1. The number of thiophene rings is 1. The molecule has 20 heavy (non-hydrogen) atoms. The van der Waals surface area contributed by atoms with E-state index in [2.05, 4.69) is 37.9 Å². The van der Waals surface area contributed by atoms with Crippen molar-refractivity contribution in [2.75, 3.05) is 6.54 Å². The Hall–Kier alpha value is -0.330. The monoisotopic (exact) mass is 421 g/mol. The predicted molar refractivity (Wildman–Crippen MR) is 90.5 cm³/mol. The fourth-order valence-corrected chi connectivity index (χ4v) is 3.97. The molecule has 0 spiro atoms. The summed E-state index contributed by atoms with van der Waals surface area (Å²) in [7, 11) is 0. The van der Waals surface area contributed by atoms with E-state index in [-0.39, 0.29) is 6.09 Å². The fraction of sp³-hybridized carbons (Fsp3) is 0.500. The zero-order valence-electron chi connectivity index (χ0n) is 11.7. The molecule has 0 atom stereocenters. The van der Waals surface area contributed by atoms with Gasteiger partial charge in [0.25, 0.3) is 0 Å². The van der Waals surface area contributed by atoms with Crippen molar-refractivity contribution in [3.8, 4) is 0 Å². The summed E-state index contributed by atoms with van der Waals surface area (Å²) in [6.07, 6.45) is 2.69. The van der Waals surface area contributed by atoms with Gasteiger partial charge in [-0.25, -0.2) is 4.79 Å². The molecule has 0 unspecified atom stereocenters. The molecule has 6 heteroatoms. The Balaban J connectivity index is 2.09. The Morgan fingerprint density at radius 2 is 2.15 bits per heavy atom. The van der Waals surface area contributed by atoms with E-state index in [0.29, 0.717) is 6.54 Å². The zero-order chi connectivity index (χ0) is 14.9. The third kappa shape index (κ3) is 4.33. The first-order valence-electron chi connectivity index (χ1n) is 6.37. The molecule has 1 aliphatic heterocycles. The standard InChI is InChI=1S/C14H17Br2NO2S/c1-14(2,3)19-13(18)17-5-4-9-6-10(7-12(15)16)20-11(9)8-17/h6-7H,4-5,8H2,1-3H3. The molecule has 0 saturated carbocycles. The number of hydrogen-bond acceptors (Lipinski definition) is 3. The van der Waals surface area contributed by atoms with E-state index >= 15 is 0 Å². The van der Waals surface area contributed by atoms with Gasteiger partial charge < -0.3 is 9.64 Å². The average molecular weight is 423 g/mol. The Bertz CT molecular complexity index is 542. The molecular formula is C14H17Br2NO2S. The first kappa shape index (κ1) is 16.0. The van der Waals surface area contributed by atoms with Crippen LogP contribution in [-0.4, -0.2) is 23.1 Å². The van der Waals surface area contributed by atoms with Crippen LogP contribution in [0.4, 0.5) is 4.79 Å². The van der Waals surface area contributed by atoms with E-state index in [0.717, 1.165) is 16.4 Å². The second-order valence-electron chi connectivity index (χ2n) is 5.68. The summed E-state index contributed by atoms with van der Waals surface area (Å²) in [5, 5.41) is 0. The highest BCUT2D eigenvalue weighted by Gasteiger charge is 2.26. The molecule has 2 rings (SSSR count). The van der Waals surface area contributed by atoms with Crippen molar-refractivity contribution in [1.29, 1.82) is 0 Å². The van der Waals surface area contributed by atoms with Crippen LogP contribution in [0, 0.1) is 0 Å². The fourth-order valence-electron chi connectivity index (χ4n) is 2.00. The van der Waals surface area contributed by atoms with Gasteiger partial charge in [0.05, 0.1) is 9.94 Å². The molecule has 1 amide bonds. The minimum absolute atomic E-state index is 0.227. The van der Waals surface area contributed by atoms with E-state index in [1.165, 1.54) is 15.3 Å². The predicted octanol–water partition coefficient (Wildman–Crippen LogP) is 5.13. The Labute approximate surface area is 140 Å². The SMILES string of the molecule is CC(C)(C)OC(=O)N1CCc2cc(C=C(Br)Br)sc2C1. The van der Waals surface area contributed by atoms with Crippen molar-refractivity contribution in [1.82, 2.24) is 4.90 Å². The highest BCUT2D eigenvalue weighted by Crippen LogP contribution is 2.31. The van der Waals surface area contributed by atoms with Gasteiger partial charge in [0, 0.05) is 16.3 Å². The second-order valence-corrected chi connectivity index (χ2v) is 9.62. The molecule has 2 heterocycles. The highest BCUT2D eigenvalue weighted by atomic mass is 79.9. The summed E-state index contributed by atoms with van der Waals surface area (Å²) in [4.78, 5) is 16.3. The molecule has 110 valence electrons. The van der Waals surface area contributed by atoms with Crippen molar-refractivity contribution in [2.45, 2.75) is 39.3 Å². The third-order valence-electron chi connectivity index (χ3n) is 2.80. The van der Waals surface area contributed by atoms with E-state index in [1.807, 2.05) is 26.8 Å². The first-order valence-corrected chi connectivity index (χ1v) is 8.77. The maximum Gasteiger partial charge on any atom is 0.410 e. The lowest BCUT2D eigenvalue weighted by Crippen LogP contribution is -2.39. The Morgan fingerprint density at radius 3 is 2.75 bits per heavy atom. The van der Waals surface area contributed by atoms with Gasteiger partial charge in [0.2, 0.25) is 0 Å². The molecule has 0 N–H and O–H groups in total. The van der Waals surface area contributed by atoms with Crippen LogP contribution in [0.5, 0.6) is 0 Å². The lowest BCUT2D eigenvalue weighted by atomic mass is 10.1. The van der Waals surface area contributed by atoms with Gasteiger partial charge in [0.1, 0.15) is 5.60 Å². The van der Waals surface area contributed by atoms with Crippen LogP contribution in [0.2, 0.25) is 0 Å². The number of nitrogens with zero attached hydrogens (tertiary/aromatic N) is 1. The molecule has 0 saturated heterocycles. The van der Waals surface area contributed by atoms with Crippen LogP contribution in [0.15, 0.2) is 9.46 Å². The van der Waals surface area contributed by atoms with Crippen LogP contribution in [0.1, 0.15) is 36.1 Å². The molecular weight excluding hydrogens is 406 g/mol. The Kier molecular flexibility index (Phi) is 4.97. The molecule has 0 bridgehead atoms. The number of carbonyl (C=O) groups is 1. The van der Waals surface area contributed by atoms with Crippen LogP contribution in [0.3, 0.4) is 0 Å². The number of rotatable bonds is 1. The smallest absolute Gasteiger partial charge is 0.410 e. The lowest BCUT2D eigenvalue weighted by Gasteiger charge is -2.29. The highest BCUT2D eigenvalue weighted by molar-refractivity contribution is 9.28. The number of halogens is 2. The van der Waals surface area contributed by atoms with Gasteiger partial charge >= 0.3 is 6.09 Å². The number of hydrogen-bond donors (Lipinski definition) is 0. The number of ether oxygens (including phenoxy) is 1. The molecule has 1 aromatic heterocycles. The van der Waals surface area contributed by atoms with E-state index in [1.54, 1.807) is 16.2 Å². The van der Waals surface area contributed by atoms with Crippen molar-refractivity contribution in [2.24, 2.45) is 0 Å². The van der Waals surface area contributed by atoms with Gasteiger partial charge in [-0.2, -0.15) is 0 Å². The van der Waals surface area contributed by atoms with Gasteiger partial charge in [-0.05, 0) is 76.8 Å². The minimum atomic E-state index is -0.443. The van der Waals surface area contributed by atoms with Gasteiger partial charge in [-0.15, -0.1) is 11.3 Å². The summed E-state index contributed by atoms with van der Waals surface area (Å²) >= 11 is 8.46. The van der Waals surface area contributed by atoms with Crippen molar-refractivity contribution in [3.63, 3.8) is 0 Å². The molecule has 1 aromatic rings. The second kappa shape index (κ2) is 6.20. The molecule has 0 aliphatic carbocycles. The number of amides is 1. The summed E-state index contributed by atoms with van der Waals surface area (Å²) < 4.78 is 6.35. The summed E-state index contributed by atoms with van der Waals surface area (Å²) in [5.74, 6) is 0. The van der Waals surface area contributed by atoms with E-state index < -0.39 is 5.60 Å². The zero-order valence-corrected chi connectivity index (χ0v) is 15.7. The van der Waals surface area contributed by atoms with Crippen LogP contribution >= 0.6 is 43.2 Å². The minimum Gasteiger partial charge on any atom is -0.444 e. The van der Waals surface area contributed by atoms with Gasteiger partial charge in [-0.1, -0.05) is 0 Å². The summed E-state index contributed by atoms with van der Waals surface area (Å²) in [6, 6.07) is 2.19. The largest absolute Gasteiger partial charge is 0.444 e. The van der Waals surface area contributed by atoms with E-state index in [4.69, 9.17) is 4.74 Å². The van der Waals surface area contributed by atoms with Crippen molar-refractivity contribution < 1.29 is 9.53 Å². The average Bonchev–Trinajstić information content (AvgIpc) is 2.66. The van der Waals surface area contributed by atoms with Crippen LogP contribution in [0.25, 0.3) is 6.08 Å². The molecule has 0 aromatic carbocycles. The van der Waals surface area contributed by atoms with Crippen molar-refractivity contribution in [3.05, 3.63) is 24.8 Å². The molecule has 1 aliphatic rings. The van der Waals surface area contributed by atoms with E-state index in [9.17, 15) is 4.79 Å². The summed E-state index contributed by atoms with van der Waals surface area (Å²) in [5.41, 5.74) is 0.893. The first-order chi connectivity index (χ1) is 9.24. The number of carbonyl (C=O) groups excluding carboxylic acids is 1. The molecule has 0 radical (unpaired) electrons. The topological polar surface area (TPSA) is 29.5 Å². The van der Waals surface area contributed by atoms with Gasteiger partial charge in [-0.3, -0.25) is 0 Å². The lowest BCUT2D eigenvalue weighted by molar-refractivity contribution is 0.0226. The number of fused-ring (bicyclic) bond motifs is 1. The normalized spacial score (nSPS) is 14.8. The van der Waals surface area contributed by atoms with Crippen LogP contribution < -0.4 is 0 Å². The summed E-state index contributed by atoms with van der Waals surface area (Å²) in [6.45, 7) is 7.03. The third-order valence-corrected chi connectivity index (χ3v) is 4.37. The quantitative estimate of drug-likeness (QED) is 0.627. The van der Waals surface area contributed by atoms with Crippen molar-refractivity contribution >= 4 is 55.4 Å². The van der Waals surface area contributed by atoms with Crippen LogP contribution in [-0.2, 0) is 17.7 Å². The maximum atomic E-state index is 12.1. The Morgan fingerprint density at radius 1 is 1.45 bits per heavy atom.